The van der Waals surface area contributed by atoms with Gasteiger partial charge in [0.25, 0.3) is 0 Å². The molecule has 0 amide bonds. The normalized spacial score (nSPS) is 12.4. The minimum absolute atomic E-state index is 0.728. The summed E-state index contributed by atoms with van der Waals surface area (Å²) < 4.78 is 0. The molecule has 0 N–H and O–H groups in total. The molecule has 206 valence electrons. The Morgan fingerprint density at radius 1 is 0.455 bits per heavy atom. The Balaban J connectivity index is 1.20. The molecule has 3 nitrogen and oxygen atoms in total. The third kappa shape index (κ3) is 4.15. The lowest BCUT2D eigenvalue weighted by molar-refractivity contribution is 1.16. The minimum atomic E-state index is 0.728. The van der Waals surface area contributed by atoms with Crippen LogP contribution in [0.1, 0.15) is 0 Å². The fourth-order valence-electron chi connectivity index (χ4n) is 6.25. The Kier molecular flexibility index (Phi) is 5.75. The van der Waals surface area contributed by atoms with Crippen molar-refractivity contribution in [3.8, 4) is 22.6 Å². The van der Waals surface area contributed by atoms with Gasteiger partial charge in [0.2, 0.25) is 0 Å². The van der Waals surface area contributed by atoms with E-state index < -0.39 is 0 Å². The first kappa shape index (κ1) is 25.1. The van der Waals surface area contributed by atoms with Crippen LogP contribution in [-0.2, 0) is 0 Å². The van der Waals surface area contributed by atoms with Gasteiger partial charge >= 0.3 is 0 Å². The molecule has 0 saturated heterocycles. The molecule has 0 bridgehead atoms. The van der Waals surface area contributed by atoms with Crippen molar-refractivity contribution in [2.24, 2.45) is 0 Å². The minimum Gasteiger partial charge on any atom is -0.308 e. The molecule has 7 aromatic carbocycles. The summed E-state index contributed by atoms with van der Waals surface area (Å²) >= 11 is 1.80. The fourth-order valence-corrected chi connectivity index (χ4v) is 7.35. The molecule has 0 saturated carbocycles. The molecular formula is C40H25N3S. The highest BCUT2D eigenvalue weighted by molar-refractivity contribution is 7.99. The summed E-state index contributed by atoms with van der Waals surface area (Å²) in [6, 6.07) is 53.8. The topological polar surface area (TPSA) is 29.0 Å². The molecule has 9 rings (SSSR count). The summed E-state index contributed by atoms with van der Waals surface area (Å²) in [5.74, 6) is 0.728. The molecule has 0 fully saturated rings. The molecular weight excluding hydrogens is 555 g/mol. The van der Waals surface area contributed by atoms with E-state index in [-0.39, 0.29) is 0 Å². The maximum absolute atomic E-state index is 5.22. The Labute approximate surface area is 259 Å². The van der Waals surface area contributed by atoms with E-state index in [4.69, 9.17) is 9.97 Å². The maximum Gasteiger partial charge on any atom is 0.160 e. The van der Waals surface area contributed by atoms with E-state index in [0.29, 0.717) is 0 Å². The smallest absolute Gasteiger partial charge is 0.160 e. The SMILES string of the molecule is c1ccc2c(c1)Sc1cc(-c3nc(-c4ccc5ccccc5c4)c4ccccc4n3)ccc1N2c1ccc2ccccc2c1. The quantitative estimate of drug-likeness (QED) is 0.208. The van der Waals surface area contributed by atoms with Gasteiger partial charge in [-0.1, -0.05) is 109 Å². The van der Waals surface area contributed by atoms with Crippen molar-refractivity contribution in [1.29, 1.82) is 0 Å². The zero-order chi connectivity index (χ0) is 29.0. The summed E-state index contributed by atoms with van der Waals surface area (Å²) in [6.07, 6.45) is 0. The number of benzene rings is 7. The molecule has 0 unspecified atom stereocenters. The van der Waals surface area contributed by atoms with E-state index in [1.807, 2.05) is 6.07 Å². The molecule has 0 atom stereocenters. The molecule has 1 aliphatic heterocycles. The van der Waals surface area contributed by atoms with Gasteiger partial charge in [0.15, 0.2) is 5.82 Å². The van der Waals surface area contributed by atoms with Crippen molar-refractivity contribution in [3.63, 3.8) is 0 Å². The number of hydrogen-bond acceptors (Lipinski definition) is 4. The number of nitrogens with zero attached hydrogens (tertiary/aromatic N) is 3. The van der Waals surface area contributed by atoms with Gasteiger partial charge in [-0.05, 0) is 76.1 Å². The van der Waals surface area contributed by atoms with Gasteiger partial charge in [-0.15, -0.1) is 0 Å². The molecule has 2 heterocycles. The Morgan fingerprint density at radius 3 is 1.98 bits per heavy atom. The summed E-state index contributed by atoms with van der Waals surface area (Å²) in [7, 11) is 0. The number of anilines is 3. The van der Waals surface area contributed by atoms with E-state index in [2.05, 4.69) is 150 Å². The molecule has 4 heteroatoms. The van der Waals surface area contributed by atoms with E-state index in [9.17, 15) is 0 Å². The lowest BCUT2D eigenvalue weighted by atomic mass is 10.0. The number of para-hydroxylation sites is 2. The first-order valence-electron chi connectivity index (χ1n) is 14.7. The van der Waals surface area contributed by atoms with Crippen molar-refractivity contribution in [1.82, 2.24) is 9.97 Å². The van der Waals surface area contributed by atoms with Gasteiger partial charge in [-0.3, -0.25) is 0 Å². The van der Waals surface area contributed by atoms with Crippen LogP contribution in [0.25, 0.3) is 55.1 Å². The Hall–Kier alpha value is -5.45. The number of rotatable bonds is 3. The predicted molar refractivity (Wildman–Crippen MR) is 184 cm³/mol. The highest BCUT2D eigenvalue weighted by Gasteiger charge is 2.26. The predicted octanol–water partition coefficient (Wildman–Crippen LogP) is 11.2. The fraction of sp³-hybridized carbons (Fsp3) is 0. The van der Waals surface area contributed by atoms with E-state index >= 15 is 0 Å². The average Bonchev–Trinajstić information content (AvgIpc) is 3.09. The van der Waals surface area contributed by atoms with E-state index in [1.165, 1.54) is 37.0 Å². The molecule has 1 aliphatic rings. The lowest BCUT2D eigenvalue weighted by Crippen LogP contribution is -2.14. The van der Waals surface area contributed by atoms with Crippen LogP contribution in [0.15, 0.2) is 161 Å². The summed E-state index contributed by atoms with van der Waals surface area (Å²) in [5, 5.41) is 5.94. The monoisotopic (exact) mass is 579 g/mol. The van der Waals surface area contributed by atoms with Gasteiger partial charge < -0.3 is 4.90 Å². The Bertz CT molecular complexity index is 2400. The van der Waals surface area contributed by atoms with Crippen LogP contribution < -0.4 is 4.90 Å². The van der Waals surface area contributed by atoms with Crippen LogP contribution in [0.4, 0.5) is 17.1 Å². The second-order valence-electron chi connectivity index (χ2n) is 11.1. The van der Waals surface area contributed by atoms with Crippen LogP contribution >= 0.6 is 11.8 Å². The number of aromatic nitrogens is 2. The van der Waals surface area contributed by atoms with Gasteiger partial charge in [-0.2, -0.15) is 0 Å². The zero-order valence-electron chi connectivity index (χ0n) is 23.7. The molecule has 0 aliphatic carbocycles. The molecule has 44 heavy (non-hydrogen) atoms. The van der Waals surface area contributed by atoms with Crippen LogP contribution in [0, 0.1) is 0 Å². The van der Waals surface area contributed by atoms with Crippen LogP contribution in [0.5, 0.6) is 0 Å². The van der Waals surface area contributed by atoms with Crippen molar-refractivity contribution < 1.29 is 0 Å². The van der Waals surface area contributed by atoms with Crippen LogP contribution in [0.2, 0.25) is 0 Å². The third-order valence-electron chi connectivity index (χ3n) is 8.40. The third-order valence-corrected chi connectivity index (χ3v) is 9.51. The number of fused-ring (bicyclic) bond motifs is 5. The molecule has 0 radical (unpaired) electrons. The summed E-state index contributed by atoms with van der Waals surface area (Å²) in [6.45, 7) is 0. The largest absolute Gasteiger partial charge is 0.308 e. The van der Waals surface area contributed by atoms with Crippen molar-refractivity contribution >= 4 is 61.3 Å². The molecule has 1 aromatic heterocycles. The maximum atomic E-state index is 5.22. The summed E-state index contributed by atoms with van der Waals surface area (Å²) in [4.78, 5) is 15.1. The van der Waals surface area contributed by atoms with Gasteiger partial charge in [0.05, 0.1) is 22.6 Å². The highest BCUT2D eigenvalue weighted by Crippen LogP contribution is 2.52. The van der Waals surface area contributed by atoms with Gasteiger partial charge in [0, 0.05) is 32.0 Å². The van der Waals surface area contributed by atoms with E-state index in [1.54, 1.807) is 11.8 Å². The standard InChI is InChI=1S/C40H25N3S/c1-3-11-28-23-30(18-17-26(28)9-1)39-33-13-5-6-14-34(33)41-40(42-39)31-20-22-36-38(25-31)44-37-16-8-7-15-35(37)43(36)32-21-19-27-10-2-4-12-29(27)24-32/h1-25H. The van der Waals surface area contributed by atoms with Crippen molar-refractivity contribution in [3.05, 3.63) is 152 Å². The first-order chi connectivity index (χ1) is 21.8. The van der Waals surface area contributed by atoms with Gasteiger partial charge in [0.1, 0.15) is 0 Å². The lowest BCUT2D eigenvalue weighted by Gasteiger charge is -2.33. The second-order valence-corrected chi connectivity index (χ2v) is 12.2. The highest BCUT2D eigenvalue weighted by atomic mass is 32.2. The molecule has 8 aromatic rings. The van der Waals surface area contributed by atoms with Gasteiger partial charge in [-0.25, -0.2) is 9.97 Å². The van der Waals surface area contributed by atoms with Crippen LogP contribution in [-0.4, -0.2) is 9.97 Å². The first-order valence-corrected chi connectivity index (χ1v) is 15.6. The van der Waals surface area contributed by atoms with E-state index in [0.717, 1.165) is 44.9 Å². The van der Waals surface area contributed by atoms with Crippen molar-refractivity contribution in [2.75, 3.05) is 4.90 Å². The average molecular weight is 580 g/mol. The summed E-state index contributed by atoms with van der Waals surface area (Å²) in [5.41, 5.74) is 7.47. The zero-order valence-corrected chi connectivity index (χ0v) is 24.5. The van der Waals surface area contributed by atoms with Crippen molar-refractivity contribution in [2.45, 2.75) is 9.79 Å². The number of hydrogen-bond donors (Lipinski definition) is 0. The Morgan fingerprint density at radius 2 is 1.11 bits per heavy atom. The van der Waals surface area contributed by atoms with Crippen LogP contribution in [0.3, 0.4) is 0 Å². The molecule has 0 spiro atoms. The second kappa shape index (κ2) is 10.1.